The highest BCUT2D eigenvalue weighted by Gasteiger charge is 2.57. The van der Waals surface area contributed by atoms with Crippen LogP contribution >= 0.6 is 0 Å². The van der Waals surface area contributed by atoms with Crippen molar-refractivity contribution in [2.75, 3.05) is 11.5 Å². The first-order valence-corrected chi connectivity index (χ1v) is 13.5. The normalized spacial score (nSPS) is 24.8. The molecule has 204 valence electrons. The molecule has 3 aliphatic rings. The zero-order valence-electron chi connectivity index (χ0n) is 22.8. The number of non-ortho nitro benzene ring substituents is 1. The number of phenolic OH excluding ortho intramolecular Hbond substituents is 1. The summed E-state index contributed by atoms with van der Waals surface area (Å²) >= 11 is 0. The van der Waals surface area contributed by atoms with Gasteiger partial charge in [-0.3, -0.25) is 19.7 Å². The number of nitro groups is 1. The molecular weight excluding hydrogens is 496 g/mol. The summed E-state index contributed by atoms with van der Waals surface area (Å²) < 4.78 is 6.28. The monoisotopic (exact) mass is 530 g/mol. The van der Waals surface area contributed by atoms with E-state index in [2.05, 4.69) is 19.9 Å². The second-order valence-electron chi connectivity index (χ2n) is 11.0. The van der Waals surface area contributed by atoms with Crippen LogP contribution in [0.4, 0.5) is 11.4 Å². The summed E-state index contributed by atoms with van der Waals surface area (Å²) in [6.45, 7) is 8.35. The number of hydrogen-bond acceptors (Lipinski definition) is 6. The van der Waals surface area contributed by atoms with Crippen molar-refractivity contribution in [3.8, 4) is 5.75 Å². The van der Waals surface area contributed by atoms with Crippen LogP contribution in [0.15, 0.2) is 53.1 Å². The lowest BCUT2D eigenvalue weighted by atomic mass is 9.69. The standard InChI is InChI=1S/C31H34N2O6/c1-5-21-14-24-28(31(36)32(30(24)35)22-7-6-8-23(15-22)33(37)38)25-16-39-26(27(21)25)10-9-17(2)11-20-12-18(3)29(34)19(4)13-20/h6-8,11-13,15,24-26,28,34H,5,9-10,14,16H2,1-4H3/b17-11+/t24-,25+,26-,28-/m1/s1. The van der Waals surface area contributed by atoms with Crippen molar-refractivity contribution in [3.63, 3.8) is 0 Å². The average molecular weight is 531 g/mol. The predicted octanol–water partition coefficient (Wildman–Crippen LogP) is 6.03. The number of amides is 2. The fourth-order valence-electron chi connectivity index (χ4n) is 6.60. The summed E-state index contributed by atoms with van der Waals surface area (Å²) in [7, 11) is 0. The average Bonchev–Trinajstić information content (AvgIpc) is 3.43. The fourth-order valence-corrected chi connectivity index (χ4v) is 6.60. The Balaban J connectivity index is 1.36. The van der Waals surface area contributed by atoms with E-state index in [0.717, 1.165) is 40.9 Å². The molecule has 2 fully saturated rings. The van der Waals surface area contributed by atoms with Crippen molar-refractivity contribution in [1.29, 1.82) is 0 Å². The van der Waals surface area contributed by atoms with E-state index in [1.165, 1.54) is 34.9 Å². The summed E-state index contributed by atoms with van der Waals surface area (Å²) in [4.78, 5) is 39.0. The highest BCUT2D eigenvalue weighted by Crippen LogP contribution is 2.51. The van der Waals surface area contributed by atoms with Crippen LogP contribution in [0.2, 0.25) is 0 Å². The lowest BCUT2D eigenvalue weighted by Gasteiger charge is -2.31. The summed E-state index contributed by atoms with van der Waals surface area (Å²) in [5, 5.41) is 21.4. The van der Waals surface area contributed by atoms with Crippen LogP contribution in [0.3, 0.4) is 0 Å². The zero-order chi connectivity index (χ0) is 28.0. The summed E-state index contributed by atoms with van der Waals surface area (Å²) in [6, 6.07) is 9.68. The molecule has 39 heavy (non-hydrogen) atoms. The van der Waals surface area contributed by atoms with Gasteiger partial charge in [-0.1, -0.05) is 30.2 Å². The van der Waals surface area contributed by atoms with Gasteiger partial charge in [0.1, 0.15) is 5.75 Å². The van der Waals surface area contributed by atoms with E-state index in [9.17, 15) is 24.8 Å². The van der Waals surface area contributed by atoms with Gasteiger partial charge in [0.15, 0.2) is 0 Å². The quantitative estimate of drug-likeness (QED) is 0.203. The molecule has 4 atom stereocenters. The van der Waals surface area contributed by atoms with Crippen LogP contribution in [0.1, 0.15) is 56.2 Å². The number of allylic oxidation sites excluding steroid dienone is 2. The van der Waals surface area contributed by atoms with Crippen LogP contribution in [0.5, 0.6) is 5.75 Å². The Hall–Kier alpha value is -3.78. The van der Waals surface area contributed by atoms with Gasteiger partial charge in [0.25, 0.3) is 5.69 Å². The van der Waals surface area contributed by atoms with Gasteiger partial charge in [0.2, 0.25) is 11.8 Å². The number of fused-ring (bicyclic) bond motifs is 3. The van der Waals surface area contributed by atoms with E-state index in [4.69, 9.17) is 4.74 Å². The Labute approximate surface area is 228 Å². The van der Waals surface area contributed by atoms with E-state index < -0.39 is 16.8 Å². The first-order valence-electron chi connectivity index (χ1n) is 13.5. The molecule has 8 heteroatoms. The maximum atomic E-state index is 13.7. The van der Waals surface area contributed by atoms with E-state index >= 15 is 0 Å². The minimum atomic E-state index is -0.522. The molecule has 8 nitrogen and oxygen atoms in total. The number of nitrogens with zero attached hydrogens (tertiary/aromatic N) is 2. The minimum absolute atomic E-state index is 0.104. The molecule has 0 saturated carbocycles. The Morgan fingerprint density at radius 3 is 2.54 bits per heavy atom. The molecular formula is C31H34N2O6. The Bertz CT molecular complexity index is 1400. The Morgan fingerprint density at radius 1 is 1.15 bits per heavy atom. The van der Waals surface area contributed by atoms with E-state index in [-0.39, 0.29) is 35.2 Å². The SMILES string of the molecule is CCC1=C2[C@@H](CC/C(C)=C/c3cc(C)c(O)c(C)c3)OC[C@@H]2[C@@H]2C(=O)N(c3cccc([N+](=O)[O-])c3)C(=O)[C@@H]2C1. The van der Waals surface area contributed by atoms with Gasteiger partial charge in [-0.05, 0) is 86.9 Å². The number of hydrogen-bond donors (Lipinski definition) is 1. The van der Waals surface area contributed by atoms with Crippen molar-refractivity contribution in [2.24, 2.45) is 17.8 Å². The maximum absolute atomic E-state index is 13.7. The smallest absolute Gasteiger partial charge is 0.271 e. The number of phenols is 1. The molecule has 0 unspecified atom stereocenters. The summed E-state index contributed by atoms with van der Waals surface area (Å²) in [5.74, 6) is -1.37. The van der Waals surface area contributed by atoms with Gasteiger partial charge in [-0.25, -0.2) is 4.90 Å². The van der Waals surface area contributed by atoms with Gasteiger partial charge < -0.3 is 9.84 Å². The fraction of sp³-hybridized carbons (Fsp3) is 0.419. The second kappa shape index (κ2) is 10.4. The molecule has 1 aliphatic carbocycles. The third-order valence-electron chi connectivity index (χ3n) is 8.46. The molecule has 1 N–H and O–H groups in total. The molecule has 0 radical (unpaired) electrons. The Morgan fingerprint density at radius 2 is 1.87 bits per heavy atom. The molecule has 5 rings (SSSR count). The molecule has 0 spiro atoms. The molecule has 0 bridgehead atoms. The van der Waals surface area contributed by atoms with Gasteiger partial charge in [-0.15, -0.1) is 0 Å². The van der Waals surface area contributed by atoms with Crippen molar-refractivity contribution in [3.05, 3.63) is 79.9 Å². The molecule has 2 aromatic carbocycles. The van der Waals surface area contributed by atoms with Crippen LogP contribution in [-0.2, 0) is 14.3 Å². The number of ether oxygens (including phenoxy) is 1. The van der Waals surface area contributed by atoms with E-state index in [1.54, 1.807) is 6.07 Å². The van der Waals surface area contributed by atoms with Crippen LogP contribution in [0, 0.1) is 41.7 Å². The second-order valence-corrected chi connectivity index (χ2v) is 11.0. The number of anilines is 1. The summed E-state index contributed by atoms with van der Waals surface area (Å²) in [6.07, 6.45) is 4.93. The van der Waals surface area contributed by atoms with Crippen LogP contribution < -0.4 is 4.90 Å². The number of aryl methyl sites for hydroxylation is 2. The Kier molecular flexibility index (Phi) is 7.16. The number of rotatable bonds is 7. The first kappa shape index (κ1) is 26.8. The topological polar surface area (TPSA) is 110 Å². The van der Waals surface area contributed by atoms with Crippen molar-refractivity contribution < 1.29 is 24.4 Å². The molecule has 2 heterocycles. The first-order chi connectivity index (χ1) is 18.6. The van der Waals surface area contributed by atoms with Crippen molar-refractivity contribution in [1.82, 2.24) is 0 Å². The number of nitro benzene ring substituents is 1. The highest BCUT2D eigenvalue weighted by atomic mass is 16.6. The van der Waals surface area contributed by atoms with Gasteiger partial charge in [-0.2, -0.15) is 0 Å². The molecule has 0 aromatic heterocycles. The van der Waals surface area contributed by atoms with E-state index in [1.807, 2.05) is 26.0 Å². The third-order valence-corrected chi connectivity index (χ3v) is 8.46. The number of carbonyl (C=O) groups excluding carboxylic acids is 2. The number of aromatic hydroxyl groups is 1. The predicted molar refractivity (Wildman–Crippen MR) is 148 cm³/mol. The van der Waals surface area contributed by atoms with Crippen molar-refractivity contribution in [2.45, 2.75) is 59.5 Å². The highest BCUT2D eigenvalue weighted by molar-refractivity contribution is 6.22. The molecule has 2 aromatic rings. The molecule has 2 saturated heterocycles. The van der Waals surface area contributed by atoms with Crippen LogP contribution in [-0.4, -0.2) is 34.6 Å². The van der Waals surface area contributed by atoms with Crippen molar-refractivity contribution >= 4 is 29.3 Å². The van der Waals surface area contributed by atoms with Gasteiger partial charge in [0, 0.05) is 18.1 Å². The lowest BCUT2D eigenvalue weighted by Crippen LogP contribution is -2.34. The van der Waals surface area contributed by atoms with Gasteiger partial charge >= 0.3 is 0 Å². The van der Waals surface area contributed by atoms with Crippen LogP contribution in [0.25, 0.3) is 6.08 Å². The lowest BCUT2D eigenvalue weighted by molar-refractivity contribution is -0.384. The minimum Gasteiger partial charge on any atom is -0.507 e. The number of carbonyl (C=O) groups is 2. The maximum Gasteiger partial charge on any atom is 0.271 e. The largest absolute Gasteiger partial charge is 0.507 e. The third kappa shape index (κ3) is 4.78. The number of benzene rings is 2. The molecule has 2 amide bonds. The van der Waals surface area contributed by atoms with E-state index in [0.29, 0.717) is 18.8 Å². The zero-order valence-corrected chi connectivity index (χ0v) is 22.8. The molecule has 2 aliphatic heterocycles. The number of imide groups is 1. The summed E-state index contributed by atoms with van der Waals surface area (Å²) in [5.41, 5.74) is 6.41. The van der Waals surface area contributed by atoms with Gasteiger partial charge in [0.05, 0.1) is 35.2 Å².